The fraction of sp³-hybridized carbons (Fsp3) is 0.118. The van der Waals surface area contributed by atoms with Crippen LogP contribution in [0.2, 0.25) is 10.0 Å². The van der Waals surface area contributed by atoms with Gasteiger partial charge in [0.2, 0.25) is 5.91 Å². The number of amides is 1. The monoisotopic (exact) mass is 393 g/mol. The molecule has 25 heavy (non-hydrogen) atoms. The van der Waals surface area contributed by atoms with E-state index in [1.165, 1.54) is 18.7 Å². The van der Waals surface area contributed by atoms with E-state index in [9.17, 15) is 9.59 Å². The number of benzene rings is 2. The standard InChI is InChI=1S/C17H13Cl2N3O2S/c1-9(23)10-2-4-12(5-3-10)20-15(24)8-25-17-21-14-7-11(18)6-13(19)16(14)22-17/h2-7H,8H2,1H3,(H,20,24)(H,21,22). The second-order valence-electron chi connectivity index (χ2n) is 5.30. The second kappa shape index (κ2) is 7.47. The highest BCUT2D eigenvalue weighted by molar-refractivity contribution is 7.99. The molecule has 1 amide bonds. The highest BCUT2D eigenvalue weighted by Gasteiger charge is 2.10. The molecule has 128 valence electrons. The van der Waals surface area contributed by atoms with Gasteiger partial charge in [0.15, 0.2) is 10.9 Å². The number of carbonyl (C=O) groups excluding carboxylic acids is 2. The van der Waals surface area contributed by atoms with Gasteiger partial charge in [-0.25, -0.2) is 4.98 Å². The average Bonchev–Trinajstić information content (AvgIpc) is 2.97. The van der Waals surface area contributed by atoms with Crippen molar-refractivity contribution in [2.24, 2.45) is 0 Å². The molecule has 3 aromatic rings. The summed E-state index contributed by atoms with van der Waals surface area (Å²) in [6.07, 6.45) is 0. The van der Waals surface area contributed by atoms with Crippen LogP contribution in [0.15, 0.2) is 41.6 Å². The van der Waals surface area contributed by atoms with Gasteiger partial charge in [0.1, 0.15) is 5.52 Å². The first kappa shape index (κ1) is 17.8. The number of ketones is 1. The number of H-pyrrole nitrogens is 1. The maximum absolute atomic E-state index is 12.1. The van der Waals surface area contributed by atoms with Crippen molar-refractivity contribution < 1.29 is 9.59 Å². The van der Waals surface area contributed by atoms with Crippen LogP contribution in [0.4, 0.5) is 5.69 Å². The molecule has 0 atom stereocenters. The van der Waals surface area contributed by atoms with E-state index in [4.69, 9.17) is 23.2 Å². The van der Waals surface area contributed by atoms with Crippen molar-refractivity contribution in [3.63, 3.8) is 0 Å². The van der Waals surface area contributed by atoms with E-state index < -0.39 is 0 Å². The van der Waals surface area contributed by atoms with Gasteiger partial charge in [-0.1, -0.05) is 35.0 Å². The number of thioether (sulfide) groups is 1. The van der Waals surface area contributed by atoms with Crippen molar-refractivity contribution in [2.45, 2.75) is 12.1 Å². The molecule has 0 radical (unpaired) electrons. The van der Waals surface area contributed by atoms with Gasteiger partial charge < -0.3 is 10.3 Å². The number of imidazole rings is 1. The molecule has 0 saturated heterocycles. The predicted octanol–water partition coefficient (Wildman–Crippen LogP) is 4.80. The maximum atomic E-state index is 12.1. The van der Waals surface area contributed by atoms with Gasteiger partial charge in [0.05, 0.1) is 16.3 Å². The van der Waals surface area contributed by atoms with Gasteiger partial charge in [-0.15, -0.1) is 0 Å². The van der Waals surface area contributed by atoms with Crippen LogP contribution in [-0.2, 0) is 4.79 Å². The number of aromatic nitrogens is 2. The van der Waals surface area contributed by atoms with E-state index in [0.29, 0.717) is 32.0 Å². The van der Waals surface area contributed by atoms with Crippen LogP contribution in [0.5, 0.6) is 0 Å². The van der Waals surface area contributed by atoms with Crippen molar-refractivity contribution in [3.05, 3.63) is 52.0 Å². The summed E-state index contributed by atoms with van der Waals surface area (Å²) >= 11 is 13.3. The lowest BCUT2D eigenvalue weighted by Crippen LogP contribution is -2.14. The Morgan fingerprint density at radius 3 is 2.60 bits per heavy atom. The third kappa shape index (κ3) is 4.34. The Labute approximate surface area is 158 Å². The van der Waals surface area contributed by atoms with Crippen molar-refractivity contribution >= 4 is 63.4 Å². The summed E-state index contributed by atoms with van der Waals surface area (Å²) in [5.74, 6) is -0.0122. The van der Waals surface area contributed by atoms with Gasteiger partial charge in [-0.3, -0.25) is 9.59 Å². The SMILES string of the molecule is CC(=O)c1ccc(NC(=O)CSc2nc3c(Cl)cc(Cl)cc3[nH]2)cc1. The number of hydrogen-bond acceptors (Lipinski definition) is 4. The normalized spacial score (nSPS) is 10.8. The molecule has 0 fully saturated rings. The number of rotatable bonds is 5. The summed E-state index contributed by atoms with van der Waals surface area (Å²) in [6, 6.07) is 10.1. The molecular weight excluding hydrogens is 381 g/mol. The van der Waals surface area contributed by atoms with E-state index in [0.717, 1.165) is 5.52 Å². The van der Waals surface area contributed by atoms with Crippen molar-refractivity contribution in [1.82, 2.24) is 9.97 Å². The topological polar surface area (TPSA) is 74.8 Å². The summed E-state index contributed by atoms with van der Waals surface area (Å²) in [5, 5.41) is 4.33. The predicted molar refractivity (Wildman–Crippen MR) is 102 cm³/mol. The molecule has 0 aliphatic rings. The molecule has 0 unspecified atom stereocenters. The Balaban J connectivity index is 1.62. The largest absolute Gasteiger partial charge is 0.333 e. The fourth-order valence-corrected chi connectivity index (χ4v) is 3.42. The number of nitrogens with one attached hydrogen (secondary N) is 2. The Morgan fingerprint density at radius 1 is 1.20 bits per heavy atom. The fourth-order valence-electron chi connectivity index (χ4n) is 2.21. The van der Waals surface area contributed by atoms with E-state index in [2.05, 4.69) is 15.3 Å². The van der Waals surface area contributed by atoms with Crippen LogP contribution < -0.4 is 5.32 Å². The first-order valence-electron chi connectivity index (χ1n) is 7.31. The van der Waals surface area contributed by atoms with Crippen molar-refractivity contribution in [2.75, 3.05) is 11.1 Å². The molecule has 0 spiro atoms. The van der Waals surface area contributed by atoms with E-state index >= 15 is 0 Å². The Morgan fingerprint density at radius 2 is 1.92 bits per heavy atom. The molecule has 0 bridgehead atoms. The maximum Gasteiger partial charge on any atom is 0.234 e. The summed E-state index contributed by atoms with van der Waals surface area (Å²) in [7, 11) is 0. The molecule has 0 aliphatic carbocycles. The molecule has 1 heterocycles. The third-order valence-electron chi connectivity index (χ3n) is 3.40. The number of aromatic amines is 1. The first-order valence-corrected chi connectivity index (χ1v) is 9.05. The highest BCUT2D eigenvalue weighted by atomic mass is 35.5. The Kier molecular flexibility index (Phi) is 5.32. The number of halogens is 2. The number of anilines is 1. The quantitative estimate of drug-likeness (QED) is 0.481. The summed E-state index contributed by atoms with van der Waals surface area (Å²) < 4.78 is 0. The zero-order valence-electron chi connectivity index (χ0n) is 13.1. The molecule has 0 aliphatic heterocycles. The average molecular weight is 394 g/mol. The number of hydrogen-bond donors (Lipinski definition) is 2. The second-order valence-corrected chi connectivity index (χ2v) is 7.10. The molecule has 5 nitrogen and oxygen atoms in total. The van der Waals surface area contributed by atoms with Crippen molar-refractivity contribution in [1.29, 1.82) is 0 Å². The van der Waals surface area contributed by atoms with Crippen LogP contribution in [0.3, 0.4) is 0 Å². The molecule has 8 heteroatoms. The van der Waals surface area contributed by atoms with Crippen LogP contribution in [0, 0.1) is 0 Å². The lowest BCUT2D eigenvalue weighted by atomic mass is 10.1. The zero-order chi connectivity index (χ0) is 18.0. The van der Waals surface area contributed by atoms with Gasteiger partial charge >= 0.3 is 0 Å². The zero-order valence-corrected chi connectivity index (χ0v) is 15.4. The Hall–Kier alpha value is -2.02. The third-order valence-corrected chi connectivity index (χ3v) is 4.78. The van der Waals surface area contributed by atoms with Crippen LogP contribution >= 0.6 is 35.0 Å². The molecule has 0 saturated carbocycles. The molecular formula is C17H13Cl2N3O2S. The van der Waals surface area contributed by atoms with Gasteiger partial charge in [0, 0.05) is 16.3 Å². The number of carbonyl (C=O) groups is 2. The lowest BCUT2D eigenvalue weighted by Gasteiger charge is -2.04. The molecule has 3 rings (SSSR count). The first-order chi connectivity index (χ1) is 11.9. The summed E-state index contributed by atoms with van der Waals surface area (Å²) in [6.45, 7) is 1.50. The number of Topliss-reactive ketones (excluding diaryl/α,β-unsaturated/α-hetero) is 1. The minimum atomic E-state index is -0.176. The molecule has 2 N–H and O–H groups in total. The Bertz CT molecular complexity index is 954. The van der Waals surface area contributed by atoms with Crippen LogP contribution in [0.1, 0.15) is 17.3 Å². The minimum absolute atomic E-state index is 0.0166. The van der Waals surface area contributed by atoms with Crippen molar-refractivity contribution in [3.8, 4) is 0 Å². The number of fused-ring (bicyclic) bond motifs is 1. The summed E-state index contributed by atoms with van der Waals surface area (Å²) in [4.78, 5) is 30.7. The molecule has 2 aromatic carbocycles. The minimum Gasteiger partial charge on any atom is -0.333 e. The van der Waals surface area contributed by atoms with E-state index in [1.807, 2.05) is 0 Å². The van der Waals surface area contributed by atoms with Gasteiger partial charge in [0.25, 0.3) is 0 Å². The van der Waals surface area contributed by atoms with Gasteiger partial charge in [-0.2, -0.15) is 0 Å². The van der Waals surface area contributed by atoms with Crippen LogP contribution in [0.25, 0.3) is 11.0 Å². The number of nitrogens with zero attached hydrogens (tertiary/aromatic N) is 1. The molecule has 1 aromatic heterocycles. The van der Waals surface area contributed by atoms with Gasteiger partial charge in [-0.05, 0) is 43.3 Å². The van der Waals surface area contributed by atoms with Crippen LogP contribution in [-0.4, -0.2) is 27.4 Å². The highest BCUT2D eigenvalue weighted by Crippen LogP contribution is 2.28. The van der Waals surface area contributed by atoms with E-state index in [1.54, 1.807) is 36.4 Å². The lowest BCUT2D eigenvalue weighted by molar-refractivity contribution is -0.113. The summed E-state index contributed by atoms with van der Waals surface area (Å²) in [5.41, 5.74) is 2.58. The smallest absolute Gasteiger partial charge is 0.234 e. The van der Waals surface area contributed by atoms with E-state index in [-0.39, 0.29) is 17.4 Å².